The normalized spacial score (nSPS) is 10.6. The molecule has 2 aromatic rings. The van der Waals surface area contributed by atoms with E-state index >= 15 is 0 Å². The number of nitrogens with zero attached hydrogens (tertiary/aromatic N) is 1. The summed E-state index contributed by atoms with van der Waals surface area (Å²) in [7, 11) is 0. The smallest absolute Gasteiger partial charge is 0.0367 e. The number of hydrogen-bond acceptors (Lipinski definition) is 3. The minimum atomic E-state index is 0.994. The quantitative estimate of drug-likeness (QED) is 0.699. The molecule has 0 bridgehead atoms. The van der Waals surface area contributed by atoms with Gasteiger partial charge in [0.1, 0.15) is 0 Å². The van der Waals surface area contributed by atoms with Crippen molar-refractivity contribution in [2.45, 2.75) is 33.1 Å². The third kappa shape index (κ3) is 5.09. The molecule has 0 unspecified atom stereocenters. The van der Waals surface area contributed by atoms with Crippen molar-refractivity contribution in [3.05, 3.63) is 46.7 Å². The van der Waals surface area contributed by atoms with Crippen LogP contribution >= 0.6 is 11.3 Å². The van der Waals surface area contributed by atoms with Gasteiger partial charge in [-0.2, -0.15) is 0 Å². The van der Waals surface area contributed by atoms with Crippen molar-refractivity contribution >= 4 is 22.7 Å². The van der Waals surface area contributed by atoms with Crippen LogP contribution in [0, 0.1) is 0 Å². The van der Waals surface area contributed by atoms with Crippen molar-refractivity contribution in [2.75, 3.05) is 29.9 Å². The topological polar surface area (TPSA) is 15.3 Å². The Hall–Kier alpha value is -1.48. The van der Waals surface area contributed by atoms with E-state index in [1.807, 2.05) is 11.3 Å². The lowest BCUT2D eigenvalue weighted by Crippen LogP contribution is -2.24. The lowest BCUT2D eigenvalue weighted by Gasteiger charge is -2.24. The van der Waals surface area contributed by atoms with Gasteiger partial charge in [-0.15, -0.1) is 11.3 Å². The van der Waals surface area contributed by atoms with Crippen LogP contribution in [-0.4, -0.2) is 19.6 Å². The molecule has 3 heteroatoms. The van der Waals surface area contributed by atoms with Crippen molar-refractivity contribution in [1.82, 2.24) is 0 Å². The van der Waals surface area contributed by atoms with E-state index in [0.717, 1.165) is 26.1 Å². The first-order valence-corrected chi connectivity index (χ1v) is 8.82. The molecule has 2 rings (SSSR count). The monoisotopic (exact) mass is 302 g/mol. The predicted octanol–water partition coefficient (Wildman–Crippen LogP) is 5.03. The van der Waals surface area contributed by atoms with Gasteiger partial charge in [0, 0.05) is 35.9 Å². The molecule has 0 aliphatic carbocycles. The van der Waals surface area contributed by atoms with E-state index in [-0.39, 0.29) is 0 Å². The van der Waals surface area contributed by atoms with Crippen molar-refractivity contribution in [3.63, 3.8) is 0 Å². The highest BCUT2D eigenvalue weighted by Crippen LogP contribution is 2.19. The average Bonchev–Trinajstić information content (AvgIpc) is 3.01. The zero-order chi connectivity index (χ0) is 14.9. The van der Waals surface area contributed by atoms with E-state index < -0.39 is 0 Å². The van der Waals surface area contributed by atoms with Crippen LogP contribution in [-0.2, 0) is 6.42 Å². The Bertz CT molecular complexity index is 484. The first kappa shape index (κ1) is 15.9. The second-order valence-corrected chi connectivity index (χ2v) is 6.32. The zero-order valence-electron chi connectivity index (χ0n) is 13.1. The summed E-state index contributed by atoms with van der Waals surface area (Å²) in [5, 5.41) is 5.64. The van der Waals surface area contributed by atoms with Crippen LogP contribution in [0.4, 0.5) is 11.4 Å². The number of anilines is 2. The second kappa shape index (κ2) is 8.73. The molecule has 1 aromatic heterocycles. The van der Waals surface area contributed by atoms with Crippen molar-refractivity contribution in [1.29, 1.82) is 0 Å². The molecule has 0 saturated carbocycles. The third-order valence-electron chi connectivity index (χ3n) is 3.50. The molecule has 0 fully saturated rings. The first-order chi connectivity index (χ1) is 10.3. The van der Waals surface area contributed by atoms with Crippen LogP contribution in [0.2, 0.25) is 0 Å². The molecule has 0 atom stereocenters. The molecule has 1 heterocycles. The van der Waals surface area contributed by atoms with Crippen LogP contribution < -0.4 is 10.2 Å². The van der Waals surface area contributed by atoms with E-state index in [1.165, 1.54) is 29.1 Å². The molecule has 0 saturated heterocycles. The van der Waals surface area contributed by atoms with Crippen LogP contribution in [0.5, 0.6) is 0 Å². The fraction of sp³-hybridized carbons (Fsp3) is 0.444. The summed E-state index contributed by atoms with van der Waals surface area (Å²) < 4.78 is 0. The lowest BCUT2D eigenvalue weighted by molar-refractivity contribution is 0.745. The summed E-state index contributed by atoms with van der Waals surface area (Å²) in [5.41, 5.74) is 2.55. The van der Waals surface area contributed by atoms with Gasteiger partial charge in [-0.25, -0.2) is 0 Å². The average molecular weight is 302 g/mol. The van der Waals surface area contributed by atoms with Gasteiger partial charge in [0.05, 0.1) is 0 Å². The number of benzene rings is 1. The summed E-state index contributed by atoms with van der Waals surface area (Å²) in [6.07, 6.45) is 3.48. The highest BCUT2D eigenvalue weighted by Gasteiger charge is 2.04. The van der Waals surface area contributed by atoms with Gasteiger partial charge in [-0.3, -0.25) is 0 Å². The molecular weight excluding hydrogens is 276 g/mol. The maximum absolute atomic E-state index is 3.50. The molecule has 0 spiro atoms. The highest BCUT2D eigenvalue weighted by molar-refractivity contribution is 7.09. The second-order valence-electron chi connectivity index (χ2n) is 5.29. The van der Waals surface area contributed by atoms with E-state index in [2.05, 4.69) is 65.8 Å². The summed E-state index contributed by atoms with van der Waals surface area (Å²) in [6, 6.07) is 13.2. The maximum atomic E-state index is 3.50. The molecule has 0 radical (unpaired) electrons. The third-order valence-corrected chi connectivity index (χ3v) is 4.44. The SMILES string of the molecule is CCCN(CCC)c1ccc(NCCc2cccs2)cc1. The molecule has 1 N–H and O–H groups in total. The molecular formula is C18H26N2S. The van der Waals surface area contributed by atoms with Gasteiger partial charge in [0.2, 0.25) is 0 Å². The standard InChI is InChI=1S/C18H26N2S/c1-3-13-20(14-4-2)17-9-7-16(8-10-17)19-12-11-18-6-5-15-21-18/h5-10,15,19H,3-4,11-14H2,1-2H3. The number of hydrogen-bond donors (Lipinski definition) is 1. The molecule has 0 aliphatic rings. The summed E-state index contributed by atoms with van der Waals surface area (Å²) in [4.78, 5) is 3.91. The largest absolute Gasteiger partial charge is 0.385 e. The van der Waals surface area contributed by atoms with Crippen LogP contribution in [0.3, 0.4) is 0 Å². The van der Waals surface area contributed by atoms with Crippen molar-refractivity contribution in [2.24, 2.45) is 0 Å². The Morgan fingerprint density at radius 1 is 1.00 bits per heavy atom. The van der Waals surface area contributed by atoms with E-state index in [0.29, 0.717) is 0 Å². The minimum Gasteiger partial charge on any atom is -0.385 e. The number of rotatable bonds is 9. The van der Waals surface area contributed by atoms with Gasteiger partial charge < -0.3 is 10.2 Å². The predicted molar refractivity (Wildman–Crippen MR) is 95.7 cm³/mol. The Balaban J connectivity index is 1.85. The molecule has 21 heavy (non-hydrogen) atoms. The van der Waals surface area contributed by atoms with Crippen LogP contribution in [0.1, 0.15) is 31.6 Å². The summed E-state index contributed by atoms with van der Waals surface area (Å²) in [5.74, 6) is 0. The molecule has 114 valence electrons. The Labute approximate surface area is 132 Å². The minimum absolute atomic E-state index is 0.994. The van der Waals surface area contributed by atoms with E-state index in [4.69, 9.17) is 0 Å². The van der Waals surface area contributed by atoms with Gasteiger partial charge in [-0.05, 0) is 55.0 Å². The van der Waals surface area contributed by atoms with Crippen LogP contribution in [0.15, 0.2) is 41.8 Å². The number of thiophene rings is 1. The highest BCUT2D eigenvalue weighted by atomic mass is 32.1. The molecule has 2 nitrogen and oxygen atoms in total. The van der Waals surface area contributed by atoms with E-state index in [1.54, 1.807) is 0 Å². The Kier molecular flexibility index (Phi) is 6.61. The van der Waals surface area contributed by atoms with Gasteiger partial charge in [-0.1, -0.05) is 19.9 Å². The lowest BCUT2D eigenvalue weighted by atomic mass is 10.2. The summed E-state index contributed by atoms with van der Waals surface area (Å²) >= 11 is 1.83. The Morgan fingerprint density at radius 2 is 1.71 bits per heavy atom. The summed E-state index contributed by atoms with van der Waals surface area (Å²) in [6.45, 7) is 7.75. The first-order valence-electron chi connectivity index (χ1n) is 7.94. The van der Waals surface area contributed by atoms with Crippen LogP contribution in [0.25, 0.3) is 0 Å². The Morgan fingerprint density at radius 3 is 2.29 bits per heavy atom. The number of nitrogens with one attached hydrogen (secondary N) is 1. The molecule has 0 aliphatic heterocycles. The maximum Gasteiger partial charge on any atom is 0.0367 e. The molecule has 1 aromatic carbocycles. The zero-order valence-corrected chi connectivity index (χ0v) is 14.0. The fourth-order valence-corrected chi connectivity index (χ4v) is 3.19. The van der Waals surface area contributed by atoms with Crippen molar-refractivity contribution in [3.8, 4) is 0 Å². The van der Waals surface area contributed by atoms with Gasteiger partial charge in [0.25, 0.3) is 0 Å². The molecule has 0 amide bonds. The fourth-order valence-electron chi connectivity index (χ4n) is 2.48. The van der Waals surface area contributed by atoms with E-state index in [9.17, 15) is 0 Å². The van der Waals surface area contributed by atoms with Gasteiger partial charge >= 0.3 is 0 Å². The van der Waals surface area contributed by atoms with Crippen molar-refractivity contribution < 1.29 is 0 Å². The van der Waals surface area contributed by atoms with Gasteiger partial charge in [0.15, 0.2) is 0 Å².